The summed E-state index contributed by atoms with van der Waals surface area (Å²) in [6.07, 6.45) is 8.48. The van der Waals surface area contributed by atoms with E-state index >= 15 is 0 Å². The van der Waals surface area contributed by atoms with Gasteiger partial charge in [-0.2, -0.15) is 0 Å². The Labute approximate surface area is 98.5 Å². The van der Waals surface area contributed by atoms with Crippen LogP contribution >= 0.6 is 0 Å². The van der Waals surface area contributed by atoms with Gasteiger partial charge in [-0.1, -0.05) is 53.4 Å². The molecule has 0 aliphatic heterocycles. The molecule has 94 valence electrons. The van der Waals surface area contributed by atoms with Crippen molar-refractivity contribution in [2.45, 2.75) is 59.8 Å². The average Bonchev–Trinajstić information content (AvgIpc) is 2.14. The molecule has 0 saturated carbocycles. The Morgan fingerprint density at radius 2 is 1.31 bits per heavy atom. The summed E-state index contributed by atoms with van der Waals surface area (Å²) < 4.78 is 0. The maximum absolute atomic E-state index is 8.35. The predicted molar refractivity (Wildman–Crippen MR) is 65.0 cm³/mol. The zero-order valence-electron chi connectivity index (χ0n) is 10.9. The molecular formula is C12H24N2O2. The van der Waals surface area contributed by atoms with Crippen LogP contribution < -0.4 is 0 Å². The molecule has 0 aromatic heterocycles. The van der Waals surface area contributed by atoms with Crippen LogP contribution in [0.2, 0.25) is 0 Å². The summed E-state index contributed by atoms with van der Waals surface area (Å²) in [4.78, 5) is 16.7. The normalized spacial score (nSPS) is 8.50. The highest BCUT2D eigenvalue weighted by Crippen LogP contribution is 2.22. The Morgan fingerprint density at radius 3 is 1.56 bits per heavy atom. The highest BCUT2D eigenvalue weighted by Gasteiger charge is 2.08. The molecule has 0 bridgehead atoms. The van der Waals surface area contributed by atoms with E-state index in [1.807, 2.05) is 0 Å². The molecular weight excluding hydrogens is 204 g/mol. The van der Waals surface area contributed by atoms with Gasteiger partial charge in [0, 0.05) is 0 Å². The smallest absolute Gasteiger partial charge is 0.222 e. The molecule has 0 aromatic carbocycles. The summed E-state index contributed by atoms with van der Waals surface area (Å²) in [7, 11) is 0. The van der Waals surface area contributed by atoms with E-state index in [-0.39, 0.29) is 0 Å². The van der Waals surface area contributed by atoms with Gasteiger partial charge in [-0.25, -0.2) is 20.4 Å². The van der Waals surface area contributed by atoms with Crippen molar-refractivity contribution < 1.29 is 9.59 Å². The van der Waals surface area contributed by atoms with Gasteiger partial charge in [0.2, 0.25) is 12.2 Å². The van der Waals surface area contributed by atoms with Crippen molar-refractivity contribution >= 4 is 12.2 Å². The van der Waals surface area contributed by atoms with Gasteiger partial charge in [-0.3, -0.25) is 0 Å². The number of rotatable bonds is 4. The molecule has 0 radical (unpaired) electrons. The van der Waals surface area contributed by atoms with E-state index in [4.69, 9.17) is 20.4 Å². The molecule has 0 heterocycles. The van der Waals surface area contributed by atoms with Crippen LogP contribution in [0.1, 0.15) is 59.8 Å². The minimum atomic E-state index is 0.549. The fourth-order valence-electron chi connectivity index (χ4n) is 1.08. The molecule has 0 saturated heterocycles. The van der Waals surface area contributed by atoms with Crippen LogP contribution in [-0.4, -0.2) is 12.2 Å². The van der Waals surface area contributed by atoms with Crippen LogP contribution in [-0.2, 0) is 9.59 Å². The Morgan fingerprint density at radius 1 is 0.938 bits per heavy atom. The van der Waals surface area contributed by atoms with Crippen molar-refractivity contribution in [2.75, 3.05) is 0 Å². The van der Waals surface area contributed by atoms with Crippen LogP contribution in [0.5, 0.6) is 0 Å². The van der Waals surface area contributed by atoms with Crippen molar-refractivity contribution in [1.82, 2.24) is 0 Å². The third-order valence-corrected chi connectivity index (χ3v) is 1.78. The summed E-state index contributed by atoms with van der Waals surface area (Å²) in [6.45, 7) is 9.22. The molecule has 2 N–H and O–H groups in total. The van der Waals surface area contributed by atoms with Gasteiger partial charge < -0.3 is 0 Å². The molecule has 0 spiro atoms. The molecule has 0 atom stereocenters. The van der Waals surface area contributed by atoms with Crippen molar-refractivity contribution in [1.29, 1.82) is 10.8 Å². The first-order valence-electron chi connectivity index (χ1n) is 5.47. The second kappa shape index (κ2) is 16.2. The number of hydrogen-bond donors (Lipinski definition) is 2. The highest BCUT2D eigenvalue weighted by molar-refractivity contribution is 5.26. The van der Waals surface area contributed by atoms with E-state index in [1.165, 1.54) is 32.1 Å². The molecule has 0 unspecified atom stereocenters. The summed E-state index contributed by atoms with van der Waals surface area (Å²) >= 11 is 0. The zero-order valence-corrected chi connectivity index (χ0v) is 10.9. The van der Waals surface area contributed by atoms with Crippen LogP contribution in [0, 0.1) is 16.2 Å². The van der Waals surface area contributed by atoms with Crippen LogP contribution in [0.15, 0.2) is 0 Å². The van der Waals surface area contributed by atoms with Crippen LogP contribution in [0.25, 0.3) is 0 Å². The summed E-state index contributed by atoms with van der Waals surface area (Å²) in [6, 6.07) is 0. The largest absolute Gasteiger partial charge is 0.231 e. The SMILES string of the molecule is CCCCCCC(C)(C)C.N=C=O.N=C=O. The predicted octanol–water partition coefficient (Wildman–Crippen LogP) is 3.80. The van der Waals surface area contributed by atoms with E-state index in [1.54, 1.807) is 0 Å². The quantitative estimate of drug-likeness (QED) is 0.436. The van der Waals surface area contributed by atoms with Crippen molar-refractivity contribution in [2.24, 2.45) is 5.41 Å². The number of hydrogen-bond acceptors (Lipinski definition) is 4. The molecule has 4 nitrogen and oxygen atoms in total. The van der Waals surface area contributed by atoms with E-state index < -0.39 is 0 Å². The number of nitrogens with one attached hydrogen (secondary N) is 2. The fraction of sp³-hybridized carbons (Fsp3) is 0.833. The molecule has 0 aromatic rings. The number of unbranched alkanes of at least 4 members (excludes halogenated alkanes) is 3. The van der Waals surface area contributed by atoms with Gasteiger partial charge in [0.05, 0.1) is 0 Å². The minimum Gasteiger partial charge on any atom is -0.222 e. The summed E-state index contributed by atoms with van der Waals surface area (Å²) in [5, 5.41) is 10.8. The van der Waals surface area contributed by atoms with Crippen LogP contribution in [0.3, 0.4) is 0 Å². The van der Waals surface area contributed by atoms with E-state index in [9.17, 15) is 0 Å². The first kappa shape index (κ1) is 20.2. The van der Waals surface area contributed by atoms with Crippen molar-refractivity contribution in [3.63, 3.8) is 0 Å². The molecule has 16 heavy (non-hydrogen) atoms. The third-order valence-electron chi connectivity index (χ3n) is 1.78. The van der Waals surface area contributed by atoms with Crippen molar-refractivity contribution in [3.8, 4) is 0 Å². The fourth-order valence-corrected chi connectivity index (χ4v) is 1.08. The third kappa shape index (κ3) is 53.2. The topological polar surface area (TPSA) is 81.8 Å². The molecule has 0 aliphatic carbocycles. The molecule has 0 aliphatic rings. The lowest BCUT2D eigenvalue weighted by molar-refractivity contribution is 0.358. The van der Waals surface area contributed by atoms with Gasteiger partial charge >= 0.3 is 0 Å². The highest BCUT2D eigenvalue weighted by atomic mass is 16.1. The molecule has 4 heteroatoms. The Hall–Kier alpha value is -1.24. The monoisotopic (exact) mass is 228 g/mol. The lowest BCUT2D eigenvalue weighted by Crippen LogP contribution is -2.03. The van der Waals surface area contributed by atoms with E-state index in [2.05, 4.69) is 27.7 Å². The Bertz CT molecular complexity index is 184. The zero-order chi connectivity index (χ0) is 13.4. The first-order chi connectivity index (χ1) is 7.39. The van der Waals surface area contributed by atoms with Gasteiger partial charge in [0.25, 0.3) is 0 Å². The number of carbonyl (C=O) groups excluding carboxylic acids is 2. The van der Waals surface area contributed by atoms with Gasteiger partial charge in [0.15, 0.2) is 0 Å². The first-order valence-corrected chi connectivity index (χ1v) is 5.47. The average molecular weight is 228 g/mol. The van der Waals surface area contributed by atoms with Gasteiger partial charge in [0.1, 0.15) is 0 Å². The molecule has 0 fully saturated rings. The standard InChI is InChI=1S/C10H22.2CHNO/c1-5-6-7-8-9-10(2,3)4;2*2-1-3/h5-9H2,1-4H3;2*2H. The van der Waals surface area contributed by atoms with Crippen molar-refractivity contribution in [3.05, 3.63) is 0 Å². The van der Waals surface area contributed by atoms with E-state index in [0.29, 0.717) is 5.41 Å². The van der Waals surface area contributed by atoms with Crippen LogP contribution in [0.4, 0.5) is 0 Å². The molecule has 0 rings (SSSR count). The Kier molecular flexibility index (Phi) is 20.5. The lowest BCUT2D eigenvalue weighted by Gasteiger charge is -2.17. The lowest BCUT2D eigenvalue weighted by atomic mass is 9.89. The Balaban J connectivity index is -0.000000235. The second-order valence-electron chi connectivity index (χ2n) is 4.58. The minimum absolute atomic E-state index is 0.549. The van der Waals surface area contributed by atoms with Gasteiger partial charge in [-0.05, 0) is 11.8 Å². The van der Waals surface area contributed by atoms with E-state index in [0.717, 1.165) is 12.2 Å². The summed E-state index contributed by atoms with van der Waals surface area (Å²) in [5.74, 6) is 0. The second-order valence-corrected chi connectivity index (χ2v) is 4.58. The molecule has 0 amide bonds. The maximum atomic E-state index is 8.35. The summed E-state index contributed by atoms with van der Waals surface area (Å²) in [5.41, 5.74) is 0.549. The maximum Gasteiger partial charge on any atom is 0.231 e. The number of isocyanates is 2. The van der Waals surface area contributed by atoms with Gasteiger partial charge in [-0.15, -0.1) is 0 Å².